The molecular weight excluding hydrogens is 462 g/mol. The van der Waals surface area contributed by atoms with Crippen molar-refractivity contribution in [3.63, 3.8) is 0 Å². The summed E-state index contributed by atoms with van der Waals surface area (Å²) in [5, 5.41) is 9.01. The van der Waals surface area contributed by atoms with Crippen LogP contribution in [-0.2, 0) is 19.9 Å². The Labute approximate surface area is 190 Å². The minimum atomic E-state index is -4.07. The van der Waals surface area contributed by atoms with Gasteiger partial charge < -0.3 is 4.42 Å². The Morgan fingerprint density at radius 1 is 1.03 bits per heavy atom. The first-order valence-electron chi connectivity index (χ1n) is 9.96. The number of sulfonamides is 1. The van der Waals surface area contributed by atoms with Gasteiger partial charge in [0, 0.05) is 13.5 Å². The fraction of sp³-hybridized carbons (Fsp3) is 0.130. The van der Waals surface area contributed by atoms with E-state index in [4.69, 9.17) is 9.68 Å². The number of benzene rings is 3. The second-order valence-corrected chi connectivity index (χ2v) is 11.6. The first-order chi connectivity index (χ1) is 15.7. The fourth-order valence-electron chi connectivity index (χ4n) is 3.89. The van der Waals surface area contributed by atoms with E-state index in [0.717, 1.165) is 9.87 Å². The molecule has 1 aliphatic rings. The molecule has 0 atom stereocenters. The Morgan fingerprint density at radius 2 is 1.76 bits per heavy atom. The molecule has 2 heterocycles. The molecule has 0 amide bonds. The number of nitriles is 1. The number of aromatic nitrogens is 1. The summed E-state index contributed by atoms with van der Waals surface area (Å²) in [6, 6.07) is 17.8. The van der Waals surface area contributed by atoms with E-state index in [1.807, 2.05) is 6.07 Å². The largest absolute Gasteiger partial charge is 0.441 e. The molecule has 0 aliphatic carbocycles. The molecule has 0 saturated carbocycles. The average molecular weight is 480 g/mol. The highest BCUT2D eigenvalue weighted by molar-refractivity contribution is 7.94. The third kappa shape index (κ3) is 3.55. The molecule has 33 heavy (non-hydrogen) atoms. The van der Waals surface area contributed by atoms with Crippen LogP contribution < -0.4 is 4.31 Å². The van der Waals surface area contributed by atoms with Gasteiger partial charge in [0.25, 0.3) is 10.0 Å². The van der Waals surface area contributed by atoms with Crippen molar-refractivity contribution in [3.05, 3.63) is 72.1 Å². The van der Waals surface area contributed by atoms with E-state index in [2.05, 4.69) is 4.98 Å². The summed E-state index contributed by atoms with van der Waals surface area (Å²) in [5.74, 6) is 0.0989. The molecule has 0 fully saturated rings. The molecular formula is C23H17N3O5S2. The van der Waals surface area contributed by atoms with Crippen LogP contribution in [0.15, 0.2) is 74.9 Å². The van der Waals surface area contributed by atoms with Crippen molar-refractivity contribution in [1.82, 2.24) is 4.98 Å². The molecule has 0 N–H and O–H groups in total. The molecule has 1 aromatic heterocycles. The van der Waals surface area contributed by atoms with E-state index in [-0.39, 0.29) is 27.8 Å². The van der Waals surface area contributed by atoms with Crippen molar-refractivity contribution in [2.75, 3.05) is 16.6 Å². The second-order valence-electron chi connectivity index (χ2n) is 7.63. The van der Waals surface area contributed by atoms with Crippen LogP contribution in [0.3, 0.4) is 0 Å². The van der Waals surface area contributed by atoms with Gasteiger partial charge in [-0.05, 0) is 53.6 Å². The number of rotatable bonds is 3. The third-order valence-electron chi connectivity index (χ3n) is 5.53. The van der Waals surface area contributed by atoms with E-state index in [0.29, 0.717) is 28.1 Å². The number of fused-ring (bicyclic) bond motifs is 2. The summed E-state index contributed by atoms with van der Waals surface area (Å²) < 4.78 is 59.1. The van der Waals surface area contributed by atoms with Gasteiger partial charge in [0.05, 0.1) is 32.9 Å². The topological polar surface area (TPSA) is 121 Å². The van der Waals surface area contributed by atoms with Gasteiger partial charge >= 0.3 is 0 Å². The molecule has 3 aromatic carbocycles. The normalized spacial score (nSPS) is 15.2. The molecule has 8 nitrogen and oxygen atoms in total. The van der Waals surface area contributed by atoms with Gasteiger partial charge in [-0.3, -0.25) is 4.31 Å². The Hall–Kier alpha value is -3.68. The number of oxazole rings is 1. The number of anilines is 1. The van der Waals surface area contributed by atoms with Crippen LogP contribution in [0.25, 0.3) is 22.2 Å². The second kappa shape index (κ2) is 7.43. The lowest BCUT2D eigenvalue weighted by Gasteiger charge is -2.30. The third-order valence-corrected chi connectivity index (χ3v) is 9.07. The maximum Gasteiger partial charge on any atom is 0.264 e. The van der Waals surface area contributed by atoms with Gasteiger partial charge in [-0.15, -0.1) is 0 Å². The Morgan fingerprint density at radius 3 is 2.48 bits per heavy atom. The van der Waals surface area contributed by atoms with Gasteiger partial charge in [-0.2, -0.15) is 5.26 Å². The van der Waals surface area contributed by atoms with Crippen molar-refractivity contribution in [3.8, 4) is 17.2 Å². The molecule has 0 spiro atoms. The van der Waals surface area contributed by atoms with Crippen LogP contribution >= 0.6 is 0 Å². The fourth-order valence-corrected chi connectivity index (χ4v) is 6.96. The average Bonchev–Trinajstić information content (AvgIpc) is 3.18. The number of nitrogens with zero attached hydrogens (tertiary/aromatic N) is 3. The SMILES string of the molecule is Cc1nc2cc(S(=O)(=O)N3CCS(=O)(=O)c4ccc(-c5ccc(C#N)cc5)cc43)ccc2o1. The highest BCUT2D eigenvalue weighted by Gasteiger charge is 2.36. The summed E-state index contributed by atoms with van der Waals surface area (Å²) in [6.45, 7) is 1.47. The Bertz CT molecular complexity index is 1670. The summed E-state index contributed by atoms with van der Waals surface area (Å²) >= 11 is 0. The van der Waals surface area contributed by atoms with Gasteiger partial charge in [-0.25, -0.2) is 21.8 Å². The van der Waals surface area contributed by atoms with Crippen LogP contribution in [0.1, 0.15) is 11.5 Å². The van der Waals surface area contributed by atoms with E-state index in [1.54, 1.807) is 43.3 Å². The smallest absolute Gasteiger partial charge is 0.264 e. The number of hydrogen-bond donors (Lipinski definition) is 0. The predicted octanol–water partition coefficient (Wildman–Crippen LogP) is 3.66. The van der Waals surface area contributed by atoms with Gasteiger partial charge in [-0.1, -0.05) is 18.2 Å². The van der Waals surface area contributed by atoms with Crippen molar-refractivity contribution in [1.29, 1.82) is 5.26 Å². The molecule has 5 rings (SSSR count). The standard InChI is InChI=1S/C23H17N3O5S2/c1-15-25-20-13-19(7-8-22(20)31-15)33(29,30)26-10-11-32(27,28)23-9-6-18(12-21(23)26)17-4-2-16(14-24)3-5-17/h2-9,12-13H,10-11H2,1H3. The van der Waals surface area contributed by atoms with Crippen LogP contribution in [0.2, 0.25) is 0 Å². The van der Waals surface area contributed by atoms with Gasteiger partial charge in [0.1, 0.15) is 5.52 Å². The van der Waals surface area contributed by atoms with Crippen molar-refractivity contribution in [2.45, 2.75) is 16.7 Å². The maximum absolute atomic E-state index is 13.6. The first-order valence-corrected chi connectivity index (χ1v) is 13.1. The van der Waals surface area contributed by atoms with E-state index < -0.39 is 19.9 Å². The van der Waals surface area contributed by atoms with Crippen LogP contribution in [-0.4, -0.2) is 34.1 Å². The van der Waals surface area contributed by atoms with Crippen molar-refractivity contribution >= 4 is 36.6 Å². The molecule has 0 radical (unpaired) electrons. The summed E-state index contributed by atoms with van der Waals surface area (Å²) in [5.41, 5.74) is 2.83. The van der Waals surface area contributed by atoms with Crippen LogP contribution in [0.5, 0.6) is 0 Å². The summed E-state index contributed by atoms with van der Waals surface area (Å²) in [6.07, 6.45) is 0. The van der Waals surface area contributed by atoms with Gasteiger partial charge in [0.15, 0.2) is 21.3 Å². The minimum Gasteiger partial charge on any atom is -0.441 e. The predicted molar refractivity (Wildman–Crippen MR) is 122 cm³/mol. The zero-order valence-corrected chi connectivity index (χ0v) is 19.0. The minimum absolute atomic E-state index is 0.00248. The Balaban J connectivity index is 1.65. The Kier molecular flexibility index (Phi) is 4.77. The maximum atomic E-state index is 13.6. The van der Waals surface area contributed by atoms with E-state index in [1.165, 1.54) is 24.3 Å². The van der Waals surface area contributed by atoms with E-state index >= 15 is 0 Å². The highest BCUT2D eigenvalue weighted by atomic mass is 32.2. The highest BCUT2D eigenvalue weighted by Crippen LogP contribution is 2.38. The van der Waals surface area contributed by atoms with Crippen molar-refractivity contribution < 1.29 is 21.3 Å². The molecule has 166 valence electrons. The molecule has 0 unspecified atom stereocenters. The molecule has 1 aliphatic heterocycles. The molecule has 0 saturated heterocycles. The molecule has 10 heteroatoms. The lowest BCUT2D eigenvalue weighted by molar-refractivity contribution is 0.561. The quantitative estimate of drug-likeness (QED) is 0.439. The van der Waals surface area contributed by atoms with Crippen molar-refractivity contribution in [2.24, 2.45) is 0 Å². The lowest BCUT2D eigenvalue weighted by atomic mass is 10.0. The lowest BCUT2D eigenvalue weighted by Crippen LogP contribution is -2.39. The van der Waals surface area contributed by atoms with Gasteiger partial charge in [0.2, 0.25) is 0 Å². The summed E-state index contributed by atoms with van der Waals surface area (Å²) in [4.78, 5) is 4.16. The monoisotopic (exact) mass is 479 g/mol. The molecule has 0 bridgehead atoms. The van der Waals surface area contributed by atoms with Crippen LogP contribution in [0, 0.1) is 18.3 Å². The first kappa shape index (κ1) is 21.2. The summed E-state index contributed by atoms with van der Waals surface area (Å²) in [7, 11) is -7.71. The number of aryl methyl sites for hydroxylation is 1. The zero-order valence-electron chi connectivity index (χ0n) is 17.4. The van der Waals surface area contributed by atoms with Crippen LogP contribution in [0.4, 0.5) is 5.69 Å². The zero-order chi connectivity index (χ0) is 23.4. The molecule has 4 aromatic rings. The van der Waals surface area contributed by atoms with E-state index in [9.17, 15) is 16.8 Å². The number of hydrogen-bond acceptors (Lipinski definition) is 7. The number of sulfone groups is 1.